The fourth-order valence-electron chi connectivity index (χ4n) is 1.90. The van der Waals surface area contributed by atoms with Crippen LogP contribution >= 0.6 is 0 Å². The summed E-state index contributed by atoms with van der Waals surface area (Å²) in [5.41, 5.74) is 9.20. The molecule has 0 aliphatic heterocycles. The number of aryl methyl sites for hydroxylation is 1. The van der Waals surface area contributed by atoms with Gasteiger partial charge in [0.15, 0.2) is 0 Å². The van der Waals surface area contributed by atoms with Gasteiger partial charge in [-0.3, -0.25) is 0 Å². The van der Waals surface area contributed by atoms with Crippen LogP contribution in [0.5, 0.6) is 0 Å². The predicted octanol–water partition coefficient (Wildman–Crippen LogP) is 4.25. The van der Waals surface area contributed by atoms with Gasteiger partial charge in [-0.05, 0) is 42.7 Å². The molecule has 0 saturated heterocycles. The SMILES string of the molecule is CCc1ccc(C(C)(N)CCC(C)(C)C)cc1. The van der Waals surface area contributed by atoms with Crippen LogP contribution < -0.4 is 5.73 Å². The van der Waals surface area contributed by atoms with Crippen molar-refractivity contribution in [2.24, 2.45) is 11.1 Å². The van der Waals surface area contributed by atoms with Crippen molar-refractivity contribution < 1.29 is 0 Å². The zero-order valence-electron chi connectivity index (χ0n) is 12.0. The first-order valence-electron chi connectivity index (χ1n) is 6.63. The van der Waals surface area contributed by atoms with E-state index in [1.807, 2.05) is 0 Å². The van der Waals surface area contributed by atoms with E-state index in [1.165, 1.54) is 11.1 Å². The first kappa shape index (κ1) is 14.2. The van der Waals surface area contributed by atoms with E-state index in [0.29, 0.717) is 5.41 Å². The van der Waals surface area contributed by atoms with Gasteiger partial charge in [-0.25, -0.2) is 0 Å². The largest absolute Gasteiger partial charge is 0.322 e. The molecule has 1 aromatic rings. The maximum Gasteiger partial charge on any atom is 0.0381 e. The molecule has 96 valence electrons. The van der Waals surface area contributed by atoms with Gasteiger partial charge in [0.1, 0.15) is 0 Å². The van der Waals surface area contributed by atoms with Gasteiger partial charge < -0.3 is 5.73 Å². The molecule has 0 amide bonds. The monoisotopic (exact) mass is 233 g/mol. The van der Waals surface area contributed by atoms with Gasteiger partial charge >= 0.3 is 0 Å². The third kappa shape index (κ3) is 4.51. The molecule has 1 heteroatoms. The van der Waals surface area contributed by atoms with Crippen LogP contribution in [0.3, 0.4) is 0 Å². The van der Waals surface area contributed by atoms with Gasteiger partial charge in [-0.15, -0.1) is 0 Å². The van der Waals surface area contributed by atoms with Crippen LogP contribution in [0.4, 0.5) is 0 Å². The van der Waals surface area contributed by atoms with Crippen LogP contribution in [0.2, 0.25) is 0 Å². The Bertz CT molecular complexity index is 341. The second-order valence-corrected chi connectivity index (χ2v) is 6.53. The Hall–Kier alpha value is -0.820. The summed E-state index contributed by atoms with van der Waals surface area (Å²) in [6.45, 7) is 11.1. The Kier molecular flexibility index (Phi) is 4.37. The highest BCUT2D eigenvalue weighted by molar-refractivity contribution is 5.27. The standard InChI is InChI=1S/C16H27N/c1-6-13-7-9-14(10-8-13)16(5,17)12-11-15(2,3)4/h7-10H,6,11-12,17H2,1-5H3. The molecule has 0 fully saturated rings. The summed E-state index contributed by atoms with van der Waals surface area (Å²) in [6, 6.07) is 8.75. The number of benzene rings is 1. The number of rotatable bonds is 4. The van der Waals surface area contributed by atoms with Gasteiger partial charge in [0.2, 0.25) is 0 Å². The molecule has 0 spiro atoms. The Morgan fingerprint density at radius 1 is 0.941 bits per heavy atom. The number of hydrogen-bond acceptors (Lipinski definition) is 1. The van der Waals surface area contributed by atoms with Crippen LogP contribution in [0.15, 0.2) is 24.3 Å². The summed E-state index contributed by atoms with van der Waals surface area (Å²) in [5.74, 6) is 0. The zero-order chi connectivity index (χ0) is 13.1. The minimum atomic E-state index is -0.209. The maximum atomic E-state index is 6.44. The van der Waals surface area contributed by atoms with Crippen LogP contribution in [0, 0.1) is 5.41 Å². The Morgan fingerprint density at radius 2 is 1.47 bits per heavy atom. The van der Waals surface area contributed by atoms with Crippen molar-refractivity contribution in [2.45, 2.75) is 59.4 Å². The Morgan fingerprint density at radius 3 is 1.88 bits per heavy atom. The predicted molar refractivity (Wildman–Crippen MR) is 76.0 cm³/mol. The lowest BCUT2D eigenvalue weighted by molar-refractivity contribution is 0.307. The van der Waals surface area contributed by atoms with E-state index in [2.05, 4.69) is 58.9 Å². The van der Waals surface area contributed by atoms with Crippen molar-refractivity contribution >= 4 is 0 Å². The third-order valence-electron chi connectivity index (χ3n) is 3.42. The minimum absolute atomic E-state index is 0.209. The quantitative estimate of drug-likeness (QED) is 0.826. The van der Waals surface area contributed by atoms with Crippen LogP contribution in [-0.2, 0) is 12.0 Å². The highest BCUT2D eigenvalue weighted by Crippen LogP contribution is 2.30. The van der Waals surface area contributed by atoms with E-state index in [0.717, 1.165) is 19.3 Å². The van der Waals surface area contributed by atoms with Gasteiger partial charge in [0, 0.05) is 5.54 Å². The van der Waals surface area contributed by atoms with Gasteiger partial charge in [0.05, 0.1) is 0 Å². The minimum Gasteiger partial charge on any atom is -0.322 e. The molecule has 1 aromatic carbocycles. The lowest BCUT2D eigenvalue weighted by Gasteiger charge is -2.29. The molecule has 1 atom stereocenters. The Balaban J connectivity index is 2.74. The van der Waals surface area contributed by atoms with E-state index in [4.69, 9.17) is 5.73 Å². The van der Waals surface area contributed by atoms with Gasteiger partial charge in [0.25, 0.3) is 0 Å². The summed E-state index contributed by atoms with van der Waals surface area (Å²) < 4.78 is 0. The van der Waals surface area contributed by atoms with E-state index in [-0.39, 0.29) is 5.54 Å². The highest BCUT2D eigenvalue weighted by Gasteiger charge is 2.23. The topological polar surface area (TPSA) is 26.0 Å². The van der Waals surface area contributed by atoms with Crippen molar-refractivity contribution in [3.63, 3.8) is 0 Å². The fourth-order valence-corrected chi connectivity index (χ4v) is 1.90. The van der Waals surface area contributed by atoms with E-state index < -0.39 is 0 Å². The molecule has 17 heavy (non-hydrogen) atoms. The van der Waals surface area contributed by atoms with Crippen molar-refractivity contribution in [1.29, 1.82) is 0 Å². The molecule has 0 aliphatic carbocycles. The van der Waals surface area contributed by atoms with Crippen LogP contribution in [-0.4, -0.2) is 0 Å². The summed E-state index contributed by atoms with van der Waals surface area (Å²) in [6.07, 6.45) is 3.26. The normalized spacial score (nSPS) is 15.6. The van der Waals surface area contributed by atoms with Crippen molar-refractivity contribution in [3.8, 4) is 0 Å². The number of nitrogens with two attached hydrogens (primary N) is 1. The second-order valence-electron chi connectivity index (χ2n) is 6.53. The van der Waals surface area contributed by atoms with Crippen LogP contribution in [0.25, 0.3) is 0 Å². The summed E-state index contributed by atoms with van der Waals surface area (Å²) >= 11 is 0. The van der Waals surface area contributed by atoms with E-state index in [1.54, 1.807) is 0 Å². The molecule has 0 heterocycles. The summed E-state index contributed by atoms with van der Waals surface area (Å²) in [5, 5.41) is 0. The third-order valence-corrected chi connectivity index (χ3v) is 3.42. The first-order chi connectivity index (χ1) is 7.74. The Labute approximate surface area is 106 Å². The molecule has 0 aliphatic rings. The molecule has 0 aromatic heterocycles. The molecule has 1 rings (SSSR count). The summed E-state index contributed by atoms with van der Waals surface area (Å²) in [7, 11) is 0. The molecular weight excluding hydrogens is 206 g/mol. The van der Waals surface area contributed by atoms with Crippen molar-refractivity contribution in [3.05, 3.63) is 35.4 Å². The average molecular weight is 233 g/mol. The fraction of sp³-hybridized carbons (Fsp3) is 0.625. The molecule has 2 N–H and O–H groups in total. The smallest absolute Gasteiger partial charge is 0.0381 e. The lowest BCUT2D eigenvalue weighted by atomic mass is 9.81. The van der Waals surface area contributed by atoms with Crippen LogP contribution in [0.1, 0.15) is 58.6 Å². The van der Waals surface area contributed by atoms with E-state index in [9.17, 15) is 0 Å². The van der Waals surface area contributed by atoms with Gasteiger partial charge in [-0.2, -0.15) is 0 Å². The van der Waals surface area contributed by atoms with Crippen molar-refractivity contribution in [2.75, 3.05) is 0 Å². The highest BCUT2D eigenvalue weighted by atomic mass is 14.7. The van der Waals surface area contributed by atoms with Crippen molar-refractivity contribution in [1.82, 2.24) is 0 Å². The molecular formula is C16H27N. The molecule has 1 nitrogen and oxygen atoms in total. The first-order valence-corrected chi connectivity index (χ1v) is 6.63. The molecule has 0 radical (unpaired) electrons. The molecule has 1 unspecified atom stereocenters. The lowest BCUT2D eigenvalue weighted by Crippen LogP contribution is -2.34. The van der Waals surface area contributed by atoms with Gasteiger partial charge in [-0.1, -0.05) is 52.0 Å². The average Bonchev–Trinajstić information content (AvgIpc) is 2.26. The maximum absolute atomic E-state index is 6.44. The zero-order valence-corrected chi connectivity index (χ0v) is 12.0. The number of hydrogen-bond donors (Lipinski definition) is 1. The molecule has 0 bridgehead atoms. The molecule has 0 saturated carbocycles. The van der Waals surface area contributed by atoms with E-state index >= 15 is 0 Å². The summed E-state index contributed by atoms with van der Waals surface area (Å²) in [4.78, 5) is 0. The second kappa shape index (κ2) is 5.22.